The van der Waals surface area contributed by atoms with Crippen LogP contribution in [0.4, 0.5) is 9.59 Å². The van der Waals surface area contributed by atoms with Gasteiger partial charge in [-0.3, -0.25) is 0 Å². The number of methoxy groups -OCH3 is 6. The summed E-state index contributed by atoms with van der Waals surface area (Å²) in [7, 11) is 9.75. The Morgan fingerprint density at radius 1 is 0.340 bits per heavy atom. The molecule has 0 aliphatic rings. The molecular weight excluding hydrogens is 1340 g/mol. The molecule has 18 nitrogen and oxygen atoms in total. The highest BCUT2D eigenvalue weighted by molar-refractivity contribution is 9.08. The molecular formula is C81H85BrN2O16. The zero-order valence-electron chi connectivity index (χ0n) is 57.1. The van der Waals surface area contributed by atoms with E-state index in [0.29, 0.717) is 92.8 Å². The Morgan fingerprint density at radius 2 is 0.640 bits per heavy atom. The number of amides is 2. The van der Waals surface area contributed by atoms with Crippen molar-refractivity contribution in [2.45, 2.75) is 70.7 Å². The second-order valence-corrected chi connectivity index (χ2v) is 23.7. The third-order valence-corrected chi connectivity index (χ3v) is 16.7. The summed E-state index contributed by atoms with van der Waals surface area (Å²) in [6, 6.07) is 64.0. The molecule has 0 aromatic heterocycles. The topological polar surface area (TPSA) is 209 Å². The number of halogens is 1. The van der Waals surface area contributed by atoms with Crippen molar-refractivity contribution in [3.8, 4) is 57.5 Å². The van der Waals surface area contributed by atoms with Crippen molar-refractivity contribution < 1.29 is 76.6 Å². The molecule has 19 heteroatoms. The van der Waals surface area contributed by atoms with Crippen LogP contribution in [0, 0.1) is 0 Å². The molecule has 2 amide bonds. The van der Waals surface area contributed by atoms with Crippen LogP contribution in [-0.2, 0) is 63.9 Å². The molecule has 0 saturated heterocycles. The Morgan fingerprint density at radius 3 is 0.980 bits per heavy atom. The van der Waals surface area contributed by atoms with Gasteiger partial charge in [-0.15, -0.1) is 0 Å². The lowest BCUT2D eigenvalue weighted by molar-refractivity contribution is 0.115. The van der Waals surface area contributed by atoms with Gasteiger partial charge < -0.3 is 77.7 Å². The minimum absolute atomic E-state index is 0.00723. The maximum atomic E-state index is 12.6. The van der Waals surface area contributed by atoms with Crippen molar-refractivity contribution in [2.75, 3.05) is 69.0 Å². The van der Waals surface area contributed by atoms with Crippen LogP contribution in [0.1, 0.15) is 64.6 Å². The fraction of sp³-hybridized carbons (Fsp3) is 0.259. The number of hydrogen-bond donors (Lipinski definition) is 4. The van der Waals surface area contributed by atoms with Crippen molar-refractivity contribution in [3.05, 3.63) is 239 Å². The average Bonchev–Trinajstić information content (AvgIpc) is 0.905. The zero-order chi connectivity index (χ0) is 70.4. The fourth-order valence-electron chi connectivity index (χ4n) is 11.1. The van der Waals surface area contributed by atoms with Crippen LogP contribution in [0.25, 0.3) is 43.1 Å². The number of phenolic OH excluding ortho intramolecular Hbond substituents is 2. The Hall–Kier alpha value is -10.6. The molecule has 4 N–H and O–H groups in total. The van der Waals surface area contributed by atoms with Gasteiger partial charge in [-0.25, -0.2) is 9.59 Å². The summed E-state index contributed by atoms with van der Waals surface area (Å²) >= 11 is 3.37. The van der Waals surface area contributed by atoms with Crippen LogP contribution in [0.3, 0.4) is 0 Å². The van der Waals surface area contributed by atoms with Crippen molar-refractivity contribution in [1.29, 1.82) is 0 Å². The minimum atomic E-state index is -0.443. The van der Waals surface area contributed by atoms with E-state index in [1.165, 1.54) is 6.07 Å². The summed E-state index contributed by atoms with van der Waals surface area (Å²) in [6.07, 6.45) is 2.11. The largest absolute Gasteiger partial charge is 0.508 e. The average molecular weight is 1420 g/mol. The van der Waals surface area contributed by atoms with E-state index in [0.717, 1.165) is 119 Å². The number of carbonyl (C=O) groups excluding carboxylic acids is 2. The number of phenols is 2. The molecule has 0 unspecified atom stereocenters. The minimum Gasteiger partial charge on any atom is -0.508 e. The van der Waals surface area contributed by atoms with Gasteiger partial charge in [0.25, 0.3) is 0 Å². The summed E-state index contributed by atoms with van der Waals surface area (Å²) in [4.78, 5) is 24.8. The molecule has 11 rings (SSSR count). The number of nitrogens with one attached hydrogen (secondary N) is 2. The van der Waals surface area contributed by atoms with E-state index in [1.807, 2.05) is 121 Å². The molecule has 522 valence electrons. The molecule has 0 aliphatic heterocycles. The molecule has 0 saturated carbocycles. The number of benzene rings is 11. The zero-order valence-corrected chi connectivity index (χ0v) is 58.7. The van der Waals surface area contributed by atoms with E-state index in [9.17, 15) is 19.8 Å². The molecule has 0 fully saturated rings. The number of rotatable bonds is 31. The molecule has 0 bridgehead atoms. The molecule has 0 heterocycles. The highest BCUT2D eigenvalue weighted by atomic mass is 79.9. The Bertz CT molecular complexity index is 4170. The van der Waals surface area contributed by atoms with E-state index in [2.05, 4.69) is 87.2 Å². The standard InChI is InChI=1S/C45H47NO9.C27H27NO5.C9H11BrO2/c1-48-36-17-32(18-37(24-36)49-2)28-53-40-21-31(22-41(26-40)54-29-33-19-38(50-3)25-39(20-33)51-4)27-52-16-10-9-15-46-45(47)55-30-44-42-13-7-5-11-34(42)23-35-12-6-8-14-43(35)44;29-22-13-19(14-23(30)16-22)17-32-12-6-5-11-28-27(31)33-18-26-24-9-3-1-7-20(24)15-21-8-2-4-10-25(21)26;1-11-8-3-7(6-10)4-9(5-8)12-2/h5-8,11-14,17-26H,9-10,15-16,27-30H2,1-4H3,(H,46,47);1-4,7-10,13-16,29-30H,5-6,11-12,17-18H2,(H,28,31);3-5H,6H2,1-2H3. The monoisotopic (exact) mass is 1420 g/mol. The molecule has 0 atom stereocenters. The molecule has 0 aliphatic carbocycles. The second kappa shape index (κ2) is 38.5. The summed E-state index contributed by atoms with van der Waals surface area (Å²) in [6.45, 7) is 3.60. The highest BCUT2D eigenvalue weighted by Crippen LogP contribution is 2.33. The lowest BCUT2D eigenvalue weighted by Gasteiger charge is -2.15. The summed E-state index contributed by atoms with van der Waals surface area (Å²) in [5, 5.41) is 34.2. The Kier molecular flexibility index (Phi) is 28.4. The van der Waals surface area contributed by atoms with E-state index >= 15 is 0 Å². The number of alkyl halides is 1. The first-order chi connectivity index (χ1) is 48.8. The van der Waals surface area contributed by atoms with Crippen LogP contribution >= 0.6 is 15.9 Å². The van der Waals surface area contributed by atoms with Gasteiger partial charge >= 0.3 is 12.2 Å². The predicted octanol–water partition coefficient (Wildman–Crippen LogP) is 17.6. The number of aromatic hydroxyl groups is 2. The quantitative estimate of drug-likeness (QED) is 0.0181. The Labute approximate surface area is 591 Å². The fourth-order valence-corrected chi connectivity index (χ4v) is 11.4. The van der Waals surface area contributed by atoms with Crippen LogP contribution in [0.5, 0.6) is 57.5 Å². The first-order valence-electron chi connectivity index (χ1n) is 32.7. The first kappa shape index (κ1) is 73.6. The summed E-state index contributed by atoms with van der Waals surface area (Å²) < 4.78 is 67.1. The normalized spacial score (nSPS) is 10.8. The van der Waals surface area contributed by atoms with Gasteiger partial charge in [0, 0.05) is 73.1 Å². The SMILES string of the molecule is COc1cc(CBr)cc(OC)c1.COc1cc(COc2cc(COCCCCNC(=O)OCc3c4ccccc4cc4ccccc34)cc(OCc3cc(OC)cc(OC)c3)c2)cc(OC)c1.O=C(NCCCCOCc1cc(O)cc(O)c1)OCc1c2ccccc2cc2ccccc12. The Balaban J connectivity index is 0.000000217. The third-order valence-electron chi connectivity index (χ3n) is 16.1. The number of fused-ring (bicyclic) bond motifs is 4. The van der Waals surface area contributed by atoms with Gasteiger partial charge in [-0.2, -0.15) is 0 Å². The molecule has 0 spiro atoms. The van der Waals surface area contributed by atoms with Gasteiger partial charge in [0.1, 0.15) is 83.9 Å². The van der Waals surface area contributed by atoms with Crippen LogP contribution < -0.4 is 48.5 Å². The van der Waals surface area contributed by atoms with Crippen LogP contribution in [0.2, 0.25) is 0 Å². The molecule has 11 aromatic carbocycles. The number of unbranched alkanes of at least 4 members (excludes halogenated alkanes) is 2. The van der Waals surface area contributed by atoms with Gasteiger partial charge in [0.2, 0.25) is 0 Å². The van der Waals surface area contributed by atoms with Gasteiger partial charge in [0.15, 0.2) is 0 Å². The smallest absolute Gasteiger partial charge is 0.407 e. The maximum Gasteiger partial charge on any atom is 0.407 e. The molecule has 100 heavy (non-hydrogen) atoms. The van der Waals surface area contributed by atoms with Crippen molar-refractivity contribution in [1.82, 2.24) is 10.6 Å². The lowest BCUT2D eigenvalue weighted by Crippen LogP contribution is -2.25. The predicted molar refractivity (Wildman–Crippen MR) is 393 cm³/mol. The van der Waals surface area contributed by atoms with E-state index in [-0.39, 0.29) is 24.7 Å². The summed E-state index contributed by atoms with van der Waals surface area (Å²) in [5.74, 6) is 5.63. The number of ether oxygens (including phenoxy) is 12. The number of carbonyl (C=O) groups is 2. The summed E-state index contributed by atoms with van der Waals surface area (Å²) in [5.41, 5.74) is 6.53. The van der Waals surface area contributed by atoms with Gasteiger partial charge in [-0.05, 0) is 169 Å². The number of alkyl carbamates (subject to hydrolysis) is 2. The van der Waals surface area contributed by atoms with Crippen molar-refractivity contribution >= 4 is 71.2 Å². The van der Waals surface area contributed by atoms with E-state index < -0.39 is 12.2 Å². The first-order valence-corrected chi connectivity index (χ1v) is 33.9. The third kappa shape index (κ3) is 22.2. The van der Waals surface area contributed by atoms with Crippen LogP contribution in [-0.4, -0.2) is 91.4 Å². The highest BCUT2D eigenvalue weighted by Gasteiger charge is 2.15. The van der Waals surface area contributed by atoms with E-state index in [4.69, 9.17) is 56.8 Å². The van der Waals surface area contributed by atoms with Gasteiger partial charge in [-0.1, -0.05) is 113 Å². The van der Waals surface area contributed by atoms with Crippen molar-refractivity contribution in [3.63, 3.8) is 0 Å². The maximum absolute atomic E-state index is 12.6. The second-order valence-electron chi connectivity index (χ2n) is 23.2. The van der Waals surface area contributed by atoms with Crippen molar-refractivity contribution in [2.24, 2.45) is 0 Å². The van der Waals surface area contributed by atoms with E-state index in [1.54, 1.807) is 54.8 Å². The molecule has 0 radical (unpaired) electrons. The van der Waals surface area contributed by atoms with Crippen LogP contribution in [0.15, 0.2) is 200 Å². The molecule has 11 aromatic rings. The lowest BCUT2D eigenvalue weighted by atomic mass is 9.97. The van der Waals surface area contributed by atoms with Gasteiger partial charge in [0.05, 0.1) is 55.9 Å². The number of hydrogen-bond acceptors (Lipinski definition) is 16.